The number of nitrogens with zero attached hydrogens (tertiary/aromatic N) is 2. The van der Waals surface area contributed by atoms with E-state index in [9.17, 15) is 4.79 Å². The van der Waals surface area contributed by atoms with Gasteiger partial charge in [0.25, 0.3) is 5.91 Å². The normalized spacial score (nSPS) is 10.7. The molecular weight excluding hydrogens is 386 g/mol. The largest absolute Gasteiger partial charge is 0.306 e. The monoisotopic (exact) mass is 395 g/mol. The van der Waals surface area contributed by atoms with E-state index in [2.05, 4.69) is 26.3 Å². The third-order valence-electron chi connectivity index (χ3n) is 2.92. The fourth-order valence-electron chi connectivity index (χ4n) is 2.01. The van der Waals surface area contributed by atoms with Crippen LogP contribution in [0.15, 0.2) is 46.3 Å². The van der Waals surface area contributed by atoms with Crippen LogP contribution >= 0.6 is 38.9 Å². The van der Waals surface area contributed by atoms with Gasteiger partial charge < -0.3 is 5.32 Å². The summed E-state index contributed by atoms with van der Waals surface area (Å²) >= 11 is 10.8. The molecule has 3 rings (SSSR count). The fraction of sp³-hybridized carbons (Fsp3) is 0.0667. The molecule has 1 N–H and O–H groups in total. The number of rotatable bonds is 3. The van der Waals surface area contributed by atoms with Crippen molar-refractivity contribution >= 4 is 50.6 Å². The van der Waals surface area contributed by atoms with Crippen LogP contribution in [0.2, 0.25) is 5.02 Å². The number of anilines is 1. The van der Waals surface area contributed by atoms with Crippen molar-refractivity contribution in [3.05, 3.63) is 61.8 Å². The first-order valence-corrected chi connectivity index (χ1v) is 8.41. The van der Waals surface area contributed by atoms with Gasteiger partial charge in [-0.05, 0) is 53.2 Å². The summed E-state index contributed by atoms with van der Waals surface area (Å²) < 4.78 is 2.58. The SMILES string of the molecule is Cc1cc(NC(=O)c2ccc(Br)s2)n(-c2cccc(Cl)c2)n1. The van der Waals surface area contributed by atoms with E-state index in [0.717, 1.165) is 15.2 Å². The summed E-state index contributed by atoms with van der Waals surface area (Å²) in [6.45, 7) is 1.87. The van der Waals surface area contributed by atoms with Gasteiger partial charge in [-0.25, -0.2) is 4.68 Å². The Morgan fingerprint density at radius 2 is 2.14 bits per heavy atom. The second-order valence-corrected chi connectivity index (χ2v) is 7.52. The molecule has 0 unspecified atom stereocenters. The summed E-state index contributed by atoms with van der Waals surface area (Å²) in [6.07, 6.45) is 0. The van der Waals surface area contributed by atoms with E-state index in [1.165, 1.54) is 11.3 Å². The summed E-state index contributed by atoms with van der Waals surface area (Å²) in [5, 5.41) is 7.91. The molecule has 0 fully saturated rings. The van der Waals surface area contributed by atoms with Crippen molar-refractivity contribution in [2.24, 2.45) is 0 Å². The van der Waals surface area contributed by atoms with Crippen LogP contribution in [-0.4, -0.2) is 15.7 Å². The second-order valence-electron chi connectivity index (χ2n) is 4.62. The molecule has 0 saturated heterocycles. The van der Waals surface area contributed by atoms with Crippen LogP contribution in [0, 0.1) is 6.92 Å². The smallest absolute Gasteiger partial charge is 0.266 e. The van der Waals surface area contributed by atoms with Crippen LogP contribution in [-0.2, 0) is 0 Å². The van der Waals surface area contributed by atoms with E-state index < -0.39 is 0 Å². The number of hydrogen-bond acceptors (Lipinski definition) is 3. The molecule has 0 saturated carbocycles. The fourth-order valence-corrected chi connectivity index (χ4v) is 3.47. The Bertz CT molecular complexity index is 843. The van der Waals surface area contributed by atoms with E-state index in [1.807, 2.05) is 31.2 Å². The third kappa shape index (κ3) is 3.24. The number of benzene rings is 1. The number of carbonyl (C=O) groups excluding carboxylic acids is 1. The molecule has 7 heteroatoms. The Labute approximate surface area is 144 Å². The Kier molecular flexibility index (Phi) is 4.33. The van der Waals surface area contributed by atoms with Gasteiger partial charge in [-0.2, -0.15) is 5.10 Å². The van der Waals surface area contributed by atoms with Crippen LogP contribution in [0.3, 0.4) is 0 Å². The molecule has 1 aromatic carbocycles. The molecule has 2 heterocycles. The third-order valence-corrected chi connectivity index (χ3v) is 4.78. The van der Waals surface area contributed by atoms with Crippen LogP contribution in [0.25, 0.3) is 5.69 Å². The van der Waals surface area contributed by atoms with Gasteiger partial charge in [-0.15, -0.1) is 11.3 Å². The van der Waals surface area contributed by atoms with Gasteiger partial charge in [0.1, 0.15) is 5.82 Å². The van der Waals surface area contributed by atoms with Gasteiger partial charge in [-0.3, -0.25) is 4.79 Å². The van der Waals surface area contributed by atoms with Gasteiger partial charge in [0, 0.05) is 11.1 Å². The number of amides is 1. The maximum atomic E-state index is 12.3. The van der Waals surface area contributed by atoms with Crippen molar-refractivity contribution in [2.45, 2.75) is 6.92 Å². The molecule has 1 amide bonds. The molecule has 2 aromatic heterocycles. The number of nitrogens with one attached hydrogen (secondary N) is 1. The number of thiophene rings is 1. The van der Waals surface area contributed by atoms with Crippen molar-refractivity contribution in [1.29, 1.82) is 0 Å². The highest BCUT2D eigenvalue weighted by molar-refractivity contribution is 9.11. The predicted octanol–water partition coefficient (Wildman–Crippen LogP) is 4.91. The highest BCUT2D eigenvalue weighted by Crippen LogP contribution is 2.24. The molecule has 4 nitrogen and oxygen atoms in total. The van der Waals surface area contributed by atoms with E-state index in [1.54, 1.807) is 22.9 Å². The van der Waals surface area contributed by atoms with Crippen molar-refractivity contribution in [3.63, 3.8) is 0 Å². The Balaban J connectivity index is 1.93. The summed E-state index contributed by atoms with van der Waals surface area (Å²) in [7, 11) is 0. The van der Waals surface area contributed by atoms with Gasteiger partial charge in [0.05, 0.1) is 20.0 Å². The number of aromatic nitrogens is 2. The van der Waals surface area contributed by atoms with E-state index >= 15 is 0 Å². The molecule has 0 aliphatic carbocycles. The van der Waals surface area contributed by atoms with E-state index in [4.69, 9.17) is 11.6 Å². The highest BCUT2D eigenvalue weighted by Gasteiger charge is 2.14. The molecule has 22 heavy (non-hydrogen) atoms. The minimum atomic E-state index is -0.168. The highest BCUT2D eigenvalue weighted by atomic mass is 79.9. The average Bonchev–Trinajstić information content (AvgIpc) is 3.05. The molecule has 112 valence electrons. The number of hydrogen-bond donors (Lipinski definition) is 1. The zero-order valence-corrected chi connectivity index (χ0v) is 14.7. The summed E-state index contributed by atoms with van der Waals surface area (Å²) in [5.74, 6) is 0.438. The van der Waals surface area contributed by atoms with E-state index in [0.29, 0.717) is 15.7 Å². The standard InChI is InChI=1S/C15H11BrClN3OS/c1-9-7-14(18-15(21)12-5-6-13(16)22-12)20(19-9)11-4-2-3-10(17)8-11/h2-8H,1H3,(H,18,21). The van der Waals surface area contributed by atoms with Gasteiger partial charge >= 0.3 is 0 Å². The summed E-state index contributed by atoms with van der Waals surface area (Å²) in [5.41, 5.74) is 1.60. The van der Waals surface area contributed by atoms with Gasteiger partial charge in [0.15, 0.2) is 0 Å². The van der Waals surface area contributed by atoms with Crippen LogP contribution < -0.4 is 5.32 Å². The maximum absolute atomic E-state index is 12.3. The maximum Gasteiger partial charge on any atom is 0.266 e. The van der Waals surface area contributed by atoms with Gasteiger partial charge in [-0.1, -0.05) is 17.7 Å². The molecule has 0 atom stereocenters. The lowest BCUT2D eigenvalue weighted by Gasteiger charge is -2.08. The van der Waals surface area contributed by atoms with Crippen LogP contribution in [0.4, 0.5) is 5.82 Å². The molecule has 0 aliphatic heterocycles. The number of halogens is 2. The van der Waals surface area contributed by atoms with Crippen molar-refractivity contribution in [1.82, 2.24) is 9.78 Å². The molecule has 0 radical (unpaired) electrons. The molecule has 3 aromatic rings. The van der Waals surface area contributed by atoms with Crippen molar-refractivity contribution in [3.8, 4) is 5.69 Å². The topological polar surface area (TPSA) is 46.9 Å². The average molecular weight is 397 g/mol. The molecule has 0 aliphatic rings. The number of carbonyl (C=O) groups is 1. The Hall–Kier alpha value is -1.63. The zero-order valence-electron chi connectivity index (χ0n) is 11.5. The zero-order chi connectivity index (χ0) is 15.7. The molecule has 0 bridgehead atoms. The molecular formula is C15H11BrClN3OS. The summed E-state index contributed by atoms with van der Waals surface area (Å²) in [4.78, 5) is 12.9. The lowest BCUT2D eigenvalue weighted by atomic mass is 10.3. The summed E-state index contributed by atoms with van der Waals surface area (Å²) in [6, 6.07) is 12.8. The van der Waals surface area contributed by atoms with Gasteiger partial charge in [0.2, 0.25) is 0 Å². The molecule has 0 spiro atoms. The van der Waals surface area contributed by atoms with Crippen LogP contribution in [0.5, 0.6) is 0 Å². The predicted molar refractivity (Wildman–Crippen MR) is 93.3 cm³/mol. The quantitative estimate of drug-likeness (QED) is 0.683. The van der Waals surface area contributed by atoms with Crippen molar-refractivity contribution in [2.75, 3.05) is 5.32 Å². The first-order valence-electron chi connectivity index (χ1n) is 6.42. The lowest BCUT2D eigenvalue weighted by Crippen LogP contribution is -2.13. The van der Waals surface area contributed by atoms with Crippen LogP contribution in [0.1, 0.15) is 15.4 Å². The minimum absolute atomic E-state index is 0.168. The lowest BCUT2D eigenvalue weighted by molar-refractivity contribution is 0.103. The first kappa shape index (κ1) is 15.3. The number of aryl methyl sites for hydroxylation is 1. The Morgan fingerprint density at radius 1 is 1.32 bits per heavy atom. The van der Waals surface area contributed by atoms with Crippen molar-refractivity contribution < 1.29 is 4.79 Å². The van der Waals surface area contributed by atoms with E-state index in [-0.39, 0.29) is 5.91 Å². The Morgan fingerprint density at radius 3 is 2.82 bits per heavy atom. The second kappa shape index (κ2) is 6.24. The first-order chi connectivity index (χ1) is 10.5. The minimum Gasteiger partial charge on any atom is -0.306 e.